The van der Waals surface area contributed by atoms with Crippen LogP contribution in [0.15, 0.2) is 53.7 Å². The first-order chi connectivity index (χ1) is 14.4. The first-order valence-corrected chi connectivity index (χ1v) is 9.24. The van der Waals surface area contributed by atoms with E-state index in [-0.39, 0.29) is 27.9 Å². The molecule has 1 aromatic carbocycles. The van der Waals surface area contributed by atoms with Crippen LogP contribution in [-0.4, -0.2) is 18.9 Å². The van der Waals surface area contributed by atoms with Gasteiger partial charge >= 0.3 is 0 Å². The summed E-state index contributed by atoms with van der Waals surface area (Å²) in [5.41, 5.74) is 6.53. The molecule has 4 rings (SSSR count). The first-order valence-electron chi connectivity index (χ1n) is 8.86. The fourth-order valence-corrected chi connectivity index (χ4v) is 3.45. The van der Waals surface area contributed by atoms with Gasteiger partial charge in [0.2, 0.25) is 5.95 Å². The molecule has 0 amide bonds. The summed E-state index contributed by atoms with van der Waals surface area (Å²) in [6, 6.07) is 8.77. The third kappa shape index (κ3) is 3.33. The van der Waals surface area contributed by atoms with Crippen LogP contribution in [0.4, 0.5) is 16.2 Å². The average Bonchev–Trinajstić information content (AvgIpc) is 3.09. The number of fused-ring (bicyclic) bond motifs is 1. The summed E-state index contributed by atoms with van der Waals surface area (Å²) in [5, 5.41) is 12.7. The molecule has 0 bridgehead atoms. The quantitative estimate of drug-likeness (QED) is 0.520. The molecule has 1 unspecified atom stereocenters. The van der Waals surface area contributed by atoms with Crippen LogP contribution < -0.4 is 16.6 Å². The zero-order valence-corrected chi connectivity index (χ0v) is 16.4. The molecule has 4 aromatic rings. The summed E-state index contributed by atoms with van der Waals surface area (Å²) in [5.74, 6) is -0.261. The molecule has 3 aromatic heterocycles. The molecule has 0 spiro atoms. The smallest absolute Gasteiger partial charge is 0.281 e. The van der Waals surface area contributed by atoms with Crippen LogP contribution in [0, 0.1) is 17.1 Å². The van der Waals surface area contributed by atoms with E-state index in [2.05, 4.69) is 15.3 Å². The highest BCUT2D eigenvalue weighted by Gasteiger charge is 2.20. The van der Waals surface area contributed by atoms with Crippen molar-refractivity contribution in [2.24, 2.45) is 0 Å². The zero-order chi connectivity index (χ0) is 21.4. The minimum Gasteiger partial charge on any atom is -0.368 e. The van der Waals surface area contributed by atoms with Crippen molar-refractivity contribution in [2.75, 3.05) is 11.1 Å². The lowest BCUT2D eigenvalue weighted by Gasteiger charge is -2.21. The van der Waals surface area contributed by atoms with Crippen molar-refractivity contribution in [3.8, 4) is 11.8 Å². The van der Waals surface area contributed by atoms with Crippen LogP contribution in [0.1, 0.15) is 24.2 Å². The van der Waals surface area contributed by atoms with Crippen molar-refractivity contribution >= 4 is 28.9 Å². The second-order valence-corrected chi connectivity index (χ2v) is 6.97. The maximum Gasteiger partial charge on any atom is 0.281 e. The summed E-state index contributed by atoms with van der Waals surface area (Å²) in [4.78, 5) is 21.2. The lowest BCUT2D eigenvalue weighted by molar-refractivity contribution is 0.625. The molecule has 0 aliphatic heterocycles. The molecular formula is C20H15ClFN7O. The number of hydrogen-bond acceptors (Lipinski definition) is 6. The number of nitriles is 1. The molecule has 150 valence electrons. The van der Waals surface area contributed by atoms with Gasteiger partial charge in [-0.3, -0.25) is 9.36 Å². The number of halogens is 2. The van der Waals surface area contributed by atoms with Gasteiger partial charge in [0.05, 0.1) is 28.6 Å². The standard InChI is InChI=1S/C20H15ClFN7O/c1-11(26-18-12(8-23)9-25-20(24)27-18)16-10-28-6-5-15(21)17(28)19(30)29(16)14-4-2-3-13(22)7-14/h2-7,9-11H,1H3,(H3,24,25,26,27). The Labute approximate surface area is 175 Å². The van der Waals surface area contributed by atoms with E-state index in [1.807, 2.05) is 6.07 Å². The maximum absolute atomic E-state index is 13.9. The Hall–Kier alpha value is -3.90. The van der Waals surface area contributed by atoms with Crippen LogP contribution in [0.3, 0.4) is 0 Å². The Morgan fingerprint density at radius 2 is 2.17 bits per heavy atom. The molecule has 0 aliphatic carbocycles. The molecule has 8 nitrogen and oxygen atoms in total. The van der Waals surface area contributed by atoms with E-state index in [1.54, 1.807) is 35.9 Å². The number of benzene rings is 1. The lowest BCUT2D eigenvalue weighted by atomic mass is 10.2. The molecule has 0 saturated carbocycles. The van der Waals surface area contributed by atoms with Crippen LogP contribution >= 0.6 is 11.6 Å². The van der Waals surface area contributed by atoms with Crippen molar-refractivity contribution in [3.05, 3.63) is 81.4 Å². The van der Waals surface area contributed by atoms with Gasteiger partial charge in [0.25, 0.3) is 5.56 Å². The number of rotatable bonds is 4. The summed E-state index contributed by atoms with van der Waals surface area (Å²) < 4.78 is 16.9. The SMILES string of the molecule is CC(Nc1nc(N)ncc1C#N)c1cn2ccc(Cl)c2c(=O)n1-c1cccc(F)c1. The van der Waals surface area contributed by atoms with Gasteiger partial charge in [-0.2, -0.15) is 10.2 Å². The van der Waals surface area contributed by atoms with Crippen molar-refractivity contribution in [1.29, 1.82) is 5.26 Å². The molecule has 10 heteroatoms. The fraction of sp³-hybridized carbons (Fsp3) is 0.100. The highest BCUT2D eigenvalue weighted by molar-refractivity contribution is 6.33. The van der Waals surface area contributed by atoms with Crippen LogP contribution in [0.2, 0.25) is 5.02 Å². The number of nitrogens with zero attached hydrogens (tertiary/aromatic N) is 5. The van der Waals surface area contributed by atoms with E-state index < -0.39 is 17.4 Å². The second-order valence-electron chi connectivity index (χ2n) is 6.56. The topological polar surface area (TPSA) is 114 Å². The maximum atomic E-state index is 13.9. The number of anilines is 2. The predicted molar refractivity (Wildman–Crippen MR) is 111 cm³/mol. The Morgan fingerprint density at radius 1 is 1.37 bits per heavy atom. The van der Waals surface area contributed by atoms with Gasteiger partial charge in [-0.25, -0.2) is 9.37 Å². The summed E-state index contributed by atoms with van der Waals surface area (Å²) in [7, 11) is 0. The third-order valence-corrected chi connectivity index (χ3v) is 4.90. The Bertz CT molecular complexity index is 1370. The van der Waals surface area contributed by atoms with Crippen LogP contribution in [0.25, 0.3) is 11.2 Å². The Kier molecular flexibility index (Phi) is 4.85. The normalized spacial score (nSPS) is 11.9. The molecule has 3 heterocycles. The van der Waals surface area contributed by atoms with Crippen molar-refractivity contribution in [1.82, 2.24) is 18.9 Å². The molecule has 3 N–H and O–H groups in total. The molecule has 0 fully saturated rings. The molecular weight excluding hydrogens is 409 g/mol. The highest BCUT2D eigenvalue weighted by Crippen LogP contribution is 2.25. The monoisotopic (exact) mass is 423 g/mol. The van der Waals surface area contributed by atoms with Gasteiger partial charge in [-0.05, 0) is 31.2 Å². The first kappa shape index (κ1) is 19.4. The molecule has 0 aliphatic rings. The number of aromatic nitrogens is 4. The number of hydrogen-bond donors (Lipinski definition) is 2. The summed E-state index contributed by atoms with van der Waals surface area (Å²) >= 11 is 6.20. The Balaban J connectivity index is 1.92. The van der Waals surface area contributed by atoms with Gasteiger partial charge in [0.1, 0.15) is 28.8 Å². The van der Waals surface area contributed by atoms with Gasteiger partial charge in [-0.15, -0.1) is 0 Å². The zero-order valence-electron chi connectivity index (χ0n) is 15.7. The fourth-order valence-electron chi connectivity index (χ4n) is 3.22. The predicted octanol–water partition coefficient (Wildman–Crippen LogP) is 3.30. The molecule has 1 atom stereocenters. The largest absolute Gasteiger partial charge is 0.368 e. The second kappa shape index (κ2) is 7.50. The van der Waals surface area contributed by atoms with Crippen molar-refractivity contribution in [2.45, 2.75) is 13.0 Å². The van der Waals surface area contributed by atoms with Crippen molar-refractivity contribution < 1.29 is 4.39 Å². The van der Waals surface area contributed by atoms with E-state index in [9.17, 15) is 14.4 Å². The number of nitrogen functional groups attached to an aromatic ring is 1. The summed E-state index contributed by atoms with van der Waals surface area (Å²) in [6.07, 6.45) is 4.68. The van der Waals surface area contributed by atoms with E-state index in [1.165, 1.54) is 29.0 Å². The van der Waals surface area contributed by atoms with Crippen molar-refractivity contribution in [3.63, 3.8) is 0 Å². The van der Waals surface area contributed by atoms with E-state index in [0.29, 0.717) is 11.4 Å². The average molecular weight is 424 g/mol. The minimum absolute atomic E-state index is 0.00105. The van der Waals surface area contributed by atoms with Gasteiger partial charge in [0.15, 0.2) is 0 Å². The molecule has 0 radical (unpaired) electrons. The highest BCUT2D eigenvalue weighted by atomic mass is 35.5. The number of nitrogens with two attached hydrogens (primary N) is 1. The van der Waals surface area contributed by atoms with Gasteiger partial charge in [0, 0.05) is 12.4 Å². The van der Waals surface area contributed by atoms with E-state index >= 15 is 0 Å². The van der Waals surface area contributed by atoms with Crippen LogP contribution in [-0.2, 0) is 0 Å². The van der Waals surface area contributed by atoms with E-state index in [4.69, 9.17) is 17.3 Å². The molecule has 0 saturated heterocycles. The van der Waals surface area contributed by atoms with Crippen LogP contribution in [0.5, 0.6) is 0 Å². The number of nitrogens with one attached hydrogen (secondary N) is 1. The minimum atomic E-state index is -0.520. The van der Waals surface area contributed by atoms with Gasteiger partial charge < -0.3 is 15.5 Å². The van der Waals surface area contributed by atoms with Gasteiger partial charge in [-0.1, -0.05) is 17.7 Å². The molecule has 30 heavy (non-hydrogen) atoms. The third-order valence-electron chi connectivity index (χ3n) is 4.59. The van der Waals surface area contributed by atoms with E-state index in [0.717, 1.165) is 0 Å². The Morgan fingerprint density at radius 3 is 2.90 bits per heavy atom. The summed E-state index contributed by atoms with van der Waals surface area (Å²) in [6.45, 7) is 1.78. The lowest BCUT2D eigenvalue weighted by Crippen LogP contribution is -2.27.